The van der Waals surface area contributed by atoms with Crippen molar-refractivity contribution in [1.82, 2.24) is 13.6 Å². The van der Waals surface area contributed by atoms with E-state index in [0.717, 1.165) is 28.8 Å². The summed E-state index contributed by atoms with van der Waals surface area (Å²) >= 11 is 3.02. The molecule has 3 unspecified atom stereocenters. The Bertz CT molecular complexity index is 1030. The molecule has 2 saturated heterocycles. The lowest BCUT2D eigenvalue weighted by atomic mass is 9.89. The van der Waals surface area contributed by atoms with Crippen LogP contribution in [0.1, 0.15) is 30.0 Å². The van der Waals surface area contributed by atoms with Crippen molar-refractivity contribution in [3.8, 4) is 0 Å². The van der Waals surface area contributed by atoms with Crippen LogP contribution in [0.2, 0.25) is 0 Å². The summed E-state index contributed by atoms with van der Waals surface area (Å²) in [6.07, 6.45) is 3.83. The molecule has 0 saturated carbocycles. The van der Waals surface area contributed by atoms with E-state index < -0.39 is 21.8 Å². The van der Waals surface area contributed by atoms with Crippen LogP contribution in [-0.2, 0) is 25.2 Å². The minimum Gasteiger partial charge on any atom is -0.473 e. The highest BCUT2D eigenvalue weighted by atomic mass is 32.2. The van der Waals surface area contributed by atoms with E-state index in [9.17, 15) is 8.42 Å². The van der Waals surface area contributed by atoms with Crippen LogP contribution in [-0.4, -0.2) is 70.1 Å². The molecule has 2 fully saturated rings. The normalized spacial score (nSPS) is 22.4. The monoisotopic (exact) mass is 485 g/mol. The number of thioether (sulfide) groups is 1. The summed E-state index contributed by atoms with van der Waals surface area (Å²) in [4.78, 5) is 21.1. The quantitative estimate of drug-likeness (QED) is 0.479. The van der Waals surface area contributed by atoms with Crippen molar-refractivity contribution in [2.45, 2.75) is 34.4 Å². The van der Waals surface area contributed by atoms with Crippen LogP contribution in [0.5, 0.6) is 0 Å². The Morgan fingerprint density at radius 3 is 2.42 bits per heavy atom. The van der Waals surface area contributed by atoms with Gasteiger partial charge >= 0.3 is 11.9 Å². The highest BCUT2D eigenvalue weighted by Gasteiger charge is 2.38. The maximum atomic E-state index is 11.5. The second kappa shape index (κ2) is 10.1. The van der Waals surface area contributed by atoms with Crippen molar-refractivity contribution >= 4 is 45.3 Å². The predicted molar refractivity (Wildman–Crippen MR) is 116 cm³/mol. The van der Waals surface area contributed by atoms with Gasteiger partial charge in [0.15, 0.2) is 9.84 Å². The van der Waals surface area contributed by atoms with E-state index in [2.05, 4.69) is 13.6 Å². The number of rotatable bonds is 5. The molecule has 0 radical (unpaired) electrons. The van der Waals surface area contributed by atoms with Crippen LogP contribution in [0.15, 0.2) is 34.2 Å². The maximum Gasteiger partial charge on any atom is 0.414 e. The number of carbonyl (C=O) groups is 2. The van der Waals surface area contributed by atoms with Gasteiger partial charge in [0.25, 0.3) is 0 Å². The fourth-order valence-corrected chi connectivity index (χ4v) is 6.18. The lowest BCUT2D eigenvalue weighted by Gasteiger charge is -2.21. The third-order valence-corrected chi connectivity index (χ3v) is 8.15. The smallest absolute Gasteiger partial charge is 0.414 e. The average Bonchev–Trinajstić information content (AvgIpc) is 3.29. The lowest BCUT2D eigenvalue weighted by Crippen LogP contribution is -2.25. The van der Waals surface area contributed by atoms with Gasteiger partial charge in [-0.15, -0.1) is 0 Å². The summed E-state index contributed by atoms with van der Waals surface area (Å²) in [7, 11) is -3.14. The average molecular weight is 486 g/mol. The van der Waals surface area contributed by atoms with Crippen LogP contribution in [0, 0.1) is 5.92 Å². The van der Waals surface area contributed by atoms with Crippen LogP contribution < -0.4 is 0 Å². The molecule has 9 nitrogen and oxygen atoms in total. The summed E-state index contributed by atoms with van der Waals surface area (Å²) in [6, 6.07) is 7.13. The number of aliphatic carboxylic acids is 2. The minimum absolute atomic E-state index is 0.365. The van der Waals surface area contributed by atoms with Crippen LogP contribution >= 0.6 is 23.5 Å². The van der Waals surface area contributed by atoms with E-state index in [1.165, 1.54) is 49.6 Å². The van der Waals surface area contributed by atoms with Crippen molar-refractivity contribution in [1.29, 1.82) is 0 Å². The van der Waals surface area contributed by atoms with E-state index in [4.69, 9.17) is 19.8 Å². The van der Waals surface area contributed by atoms with E-state index in [1.54, 1.807) is 23.9 Å². The molecule has 2 bridgehead atoms. The third kappa shape index (κ3) is 6.25. The van der Waals surface area contributed by atoms with Gasteiger partial charge < -0.3 is 15.1 Å². The molecule has 0 aliphatic carbocycles. The molecule has 2 aromatic rings. The van der Waals surface area contributed by atoms with Crippen molar-refractivity contribution in [2.75, 3.05) is 25.9 Å². The van der Waals surface area contributed by atoms with Crippen LogP contribution in [0.25, 0.3) is 0 Å². The number of carboxylic acid groups (broad SMARTS) is 2. The van der Waals surface area contributed by atoms with Crippen molar-refractivity contribution in [3.05, 3.63) is 35.5 Å². The zero-order valence-electron chi connectivity index (χ0n) is 16.8. The Kier molecular flexibility index (Phi) is 7.68. The predicted octanol–water partition coefficient (Wildman–Crippen LogP) is 2.20. The standard InChI is InChI=1S/C17H21N3O2S3.C2H2O4/c1-25(21,22)14-6-4-12(5-7-14)11-23-17-16(18-24-19-17)15-10-20-8-2-3-13(15)9-20;3-1(4)2(5)6/h4-7,13,15H,2-3,8-11H2,1H3;(H,3,4)(H,5,6). The molecule has 3 atom stereocenters. The van der Waals surface area contributed by atoms with E-state index in [0.29, 0.717) is 10.8 Å². The first kappa shape index (κ1) is 23.6. The summed E-state index contributed by atoms with van der Waals surface area (Å²) in [5.41, 5.74) is 2.28. The molecule has 2 aliphatic rings. The molecule has 3 heterocycles. The number of carboxylic acids is 2. The van der Waals surface area contributed by atoms with Gasteiger partial charge in [0, 0.05) is 31.0 Å². The lowest BCUT2D eigenvalue weighted by molar-refractivity contribution is -0.159. The van der Waals surface area contributed by atoms with Gasteiger partial charge in [-0.2, -0.15) is 8.75 Å². The maximum absolute atomic E-state index is 11.5. The number of fused-ring (bicyclic) bond motifs is 2. The van der Waals surface area contributed by atoms with Gasteiger partial charge in [-0.3, -0.25) is 0 Å². The molecule has 1 aromatic carbocycles. The number of benzene rings is 1. The first-order chi connectivity index (χ1) is 14.6. The molecular formula is C19H23N3O6S3. The van der Waals surface area contributed by atoms with E-state index >= 15 is 0 Å². The molecule has 12 heteroatoms. The Morgan fingerprint density at radius 2 is 1.84 bits per heavy atom. The van der Waals surface area contributed by atoms with Crippen molar-refractivity contribution in [3.63, 3.8) is 0 Å². The molecule has 0 spiro atoms. The molecule has 2 N–H and O–H groups in total. The summed E-state index contributed by atoms with van der Waals surface area (Å²) in [5, 5.41) is 15.8. The molecule has 168 valence electrons. The van der Waals surface area contributed by atoms with Gasteiger partial charge in [-0.05, 0) is 43.0 Å². The zero-order chi connectivity index (χ0) is 22.6. The number of hydrogen-bond donors (Lipinski definition) is 2. The number of hydrogen-bond acceptors (Lipinski definition) is 9. The third-order valence-electron chi connectivity index (χ3n) is 5.31. The molecule has 4 rings (SSSR count). The Morgan fingerprint density at radius 1 is 1.16 bits per heavy atom. The number of sulfone groups is 1. The fraction of sp³-hybridized carbons (Fsp3) is 0.474. The van der Waals surface area contributed by atoms with Gasteiger partial charge in [0.2, 0.25) is 0 Å². The Balaban J connectivity index is 0.000000401. The summed E-state index contributed by atoms with van der Waals surface area (Å²) in [6.45, 7) is 3.55. The molecule has 31 heavy (non-hydrogen) atoms. The number of nitrogens with zero attached hydrogens (tertiary/aromatic N) is 3. The van der Waals surface area contributed by atoms with Crippen molar-refractivity contribution < 1.29 is 28.2 Å². The molecule has 1 aromatic heterocycles. The van der Waals surface area contributed by atoms with Crippen molar-refractivity contribution in [2.24, 2.45) is 5.92 Å². The fourth-order valence-electron chi connectivity index (χ4n) is 3.82. The van der Waals surface area contributed by atoms with Crippen LogP contribution in [0.3, 0.4) is 0 Å². The second-order valence-corrected chi connectivity index (χ2v) is 11.0. The molecular weight excluding hydrogens is 462 g/mol. The zero-order valence-corrected chi connectivity index (χ0v) is 19.3. The van der Waals surface area contributed by atoms with Crippen LogP contribution in [0.4, 0.5) is 0 Å². The number of aromatic nitrogens is 2. The minimum atomic E-state index is -3.14. The molecule has 2 aliphatic heterocycles. The summed E-state index contributed by atoms with van der Waals surface area (Å²) in [5.74, 6) is -1.61. The van der Waals surface area contributed by atoms with E-state index in [1.807, 2.05) is 12.1 Å². The molecule has 0 amide bonds. The number of piperidine rings is 1. The van der Waals surface area contributed by atoms with Gasteiger partial charge in [0.05, 0.1) is 22.3 Å². The Labute approximate surface area is 188 Å². The van der Waals surface area contributed by atoms with Gasteiger partial charge in [0.1, 0.15) is 5.03 Å². The Hall–Kier alpha value is -2.02. The van der Waals surface area contributed by atoms with Gasteiger partial charge in [-0.1, -0.05) is 23.9 Å². The van der Waals surface area contributed by atoms with Gasteiger partial charge in [-0.25, -0.2) is 18.0 Å². The first-order valence-corrected chi connectivity index (χ1v) is 13.2. The largest absolute Gasteiger partial charge is 0.473 e. The SMILES string of the molecule is CS(=O)(=O)c1ccc(CSc2nsnc2C2CN3CCCC2C3)cc1.O=C(O)C(=O)O. The highest BCUT2D eigenvalue weighted by molar-refractivity contribution is 7.98. The highest BCUT2D eigenvalue weighted by Crippen LogP contribution is 2.41. The van der Waals surface area contributed by atoms with E-state index in [-0.39, 0.29) is 0 Å². The first-order valence-electron chi connectivity index (χ1n) is 9.58. The topological polar surface area (TPSA) is 138 Å². The second-order valence-electron chi connectivity index (χ2n) is 7.54. The summed E-state index contributed by atoms with van der Waals surface area (Å²) < 4.78 is 32.2.